The van der Waals surface area contributed by atoms with Crippen molar-refractivity contribution in [3.63, 3.8) is 0 Å². The molecule has 4 rings (SSSR count). The van der Waals surface area contributed by atoms with E-state index in [-0.39, 0.29) is 18.4 Å². The summed E-state index contributed by atoms with van der Waals surface area (Å²) in [6.45, 7) is 1.51. The highest BCUT2D eigenvalue weighted by Crippen LogP contribution is 2.20. The van der Waals surface area contributed by atoms with Gasteiger partial charge in [-0.3, -0.25) is 9.48 Å². The summed E-state index contributed by atoms with van der Waals surface area (Å²) in [5, 5.41) is 11.1. The Morgan fingerprint density at radius 1 is 1.34 bits per heavy atom. The molecule has 29 heavy (non-hydrogen) atoms. The molecule has 3 aromatic rings. The highest BCUT2D eigenvalue weighted by molar-refractivity contribution is 5.90. The van der Waals surface area contributed by atoms with Crippen molar-refractivity contribution in [2.24, 2.45) is 0 Å². The molecule has 9 heteroatoms. The van der Waals surface area contributed by atoms with Gasteiger partial charge in [-0.15, -0.1) is 0 Å². The molecule has 1 aromatic carbocycles. The summed E-state index contributed by atoms with van der Waals surface area (Å²) in [6, 6.07) is 7.37. The summed E-state index contributed by atoms with van der Waals surface area (Å²) >= 11 is 0. The maximum Gasteiger partial charge on any atom is 0.227 e. The first-order valence-electron chi connectivity index (χ1n) is 9.60. The first kappa shape index (κ1) is 19.1. The molecule has 3 heterocycles. The minimum atomic E-state index is -0.133. The van der Waals surface area contributed by atoms with Gasteiger partial charge in [0, 0.05) is 31.2 Å². The van der Waals surface area contributed by atoms with Crippen molar-refractivity contribution in [2.45, 2.75) is 38.3 Å². The van der Waals surface area contributed by atoms with E-state index < -0.39 is 0 Å². The van der Waals surface area contributed by atoms with Crippen LogP contribution in [-0.4, -0.2) is 45.6 Å². The summed E-state index contributed by atoms with van der Waals surface area (Å²) in [5.74, 6) is 1.53. The molecule has 152 valence electrons. The van der Waals surface area contributed by atoms with Crippen molar-refractivity contribution in [1.29, 1.82) is 0 Å². The molecular formula is C20H23N5O4. The lowest BCUT2D eigenvalue weighted by Gasteiger charge is -2.08. The predicted octanol–water partition coefficient (Wildman–Crippen LogP) is 2.69. The van der Waals surface area contributed by atoms with Gasteiger partial charge in [0.25, 0.3) is 0 Å². The number of amides is 1. The molecule has 0 saturated carbocycles. The Balaban J connectivity index is 1.26. The standard InChI is InChI=1S/C20H23N5O4/c1-27-16-6-4-14(5-7-16)20-23-19(29-24-20)9-8-18(26)22-15-11-21-25(12-15)13-17-3-2-10-28-17/h4-7,11-12,17H,2-3,8-10,13H2,1H3,(H,22,26). The number of ether oxygens (including phenoxy) is 2. The van der Waals surface area contributed by atoms with Gasteiger partial charge in [0.15, 0.2) is 0 Å². The van der Waals surface area contributed by atoms with Gasteiger partial charge < -0.3 is 19.3 Å². The lowest BCUT2D eigenvalue weighted by Crippen LogP contribution is -2.15. The Bertz CT molecular complexity index is 944. The third-order valence-corrected chi connectivity index (χ3v) is 4.71. The van der Waals surface area contributed by atoms with Crippen LogP contribution in [0.15, 0.2) is 41.2 Å². The number of hydrogen-bond acceptors (Lipinski definition) is 7. The molecule has 0 bridgehead atoms. The summed E-state index contributed by atoms with van der Waals surface area (Å²) < 4.78 is 17.8. The van der Waals surface area contributed by atoms with Crippen molar-refractivity contribution >= 4 is 11.6 Å². The van der Waals surface area contributed by atoms with Crippen molar-refractivity contribution < 1.29 is 18.8 Å². The number of methoxy groups -OCH3 is 1. The number of hydrogen-bond donors (Lipinski definition) is 1. The topological polar surface area (TPSA) is 104 Å². The quantitative estimate of drug-likeness (QED) is 0.623. The van der Waals surface area contributed by atoms with Crippen molar-refractivity contribution in [3.8, 4) is 17.1 Å². The van der Waals surface area contributed by atoms with E-state index in [1.807, 2.05) is 30.5 Å². The molecule has 1 aliphatic heterocycles. The summed E-state index contributed by atoms with van der Waals surface area (Å²) in [7, 11) is 1.61. The normalized spacial score (nSPS) is 16.1. The maximum absolute atomic E-state index is 12.2. The molecule has 1 amide bonds. The fourth-order valence-corrected chi connectivity index (χ4v) is 3.18. The summed E-state index contributed by atoms with van der Waals surface area (Å²) in [4.78, 5) is 16.6. The van der Waals surface area contributed by atoms with Crippen molar-refractivity contribution in [1.82, 2.24) is 19.9 Å². The van der Waals surface area contributed by atoms with Gasteiger partial charge in [0.2, 0.25) is 17.6 Å². The largest absolute Gasteiger partial charge is 0.497 e. The number of aromatic nitrogens is 4. The van der Waals surface area contributed by atoms with Gasteiger partial charge in [0.1, 0.15) is 5.75 Å². The first-order chi connectivity index (χ1) is 14.2. The number of aryl methyl sites for hydroxylation is 1. The fraction of sp³-hybridized carbons (Fsp3) is 0.400. The molecule has 9 nitrogen and oxygen atoms in total. The molecule has 0 radical (unpaired) electrons. The maximum atomic E-state index is 12.2. The van der Waals surface area contributed by atoms with E-state index in [4.69, 9.17) is 14.0 Å². The Morgan fingerprint density at radius 2 is 2.21 bits per heavy atom. The number of nitrogens with zero attached hydrogens (tertiary/aromatic N) is 4. The van der Waals surface area contributed by atoms with Gasteiger partial charge in [-0.25, -0.2) is 0 Å². The van der Waals surface area contributed by atoms with Gasteiger partial charge in [-0.2, -0.15) is 10.1 Å². The van der Waals surface area contributed by atoms with Crippen LogP contribution in [0.5, 0.6) is 5.75 Å². The number of carbonyl (C=O) groups excluding carboxylic acids is 1. The second-order valence-electron chi connectivity index (χ2n) is 6.87. The van der Waals surface area contributed by atoms with Crippen LogP contribution in [0.25, 0.3) is 11.4 Å². The third kappa shape index (κ3) is 5.00. The van der Waals surface area contributed by atoms with E-state index in [0.29, 0.717) is 30.4 Å². The molecule has 1 saturated heterocycles. The number of carbonyl (C=O) groups is 1. The van der Waals surface area contributed by atoms with Gasteiger partial charge in [-0.05, 0) is 37.1 Å². The van der Waals surface area contributed by atoms with E-state index in [1.165, 1.54) is 0 Å². The smallest absolute Gasteiger partial charge is 0.227 e. The molecular weight excluding hydrogens is 374 g/mol. The third-order valence-electron chi connectivity index (χ3n) is 4.71. The summed E-state index contributed by atoms with van der Waals surface area (Å²) in [6.07, 6.45) is 6.39. The number of anilines is 1. The minimum absolute atomic E-state index is 0.133. The van der Waals surface area contributed by atoms with Gasteiger partial charge >= 0.3 is 0 Å². The molecule has 0 aliphatic carbocycles. The lowest BCUT2D eigenvalue weighted by molar-refractivity contribution is -0.116. The predicted molar refractivity (Wildman–Crippen MR) is 104 cm³/mol. The van der Waals surface area contributed by atoms with E-state index >= 15 is 0 Å². The van der Waals surface area contributed by atoms with Crippen molar-refractivity contribution in [2.75, 3.05) is 19.0 Å². The van der Waals surface area contributed by atoms with Crippen LogP contribution in [0, 0.1) is 0 Å². The Hall–Kier alpha value is -3.20. The average molecular weight is 397 g/mol. The van der Waals surface area contributed by atoms with Crippen LogP contribution < -0.4 is 10.1 Å². The van der Waals surface area contributed by atoms with Crippen LogP contribution in [-0.2, 0) is 22.5 Å². The number of nitrogens with one attached hydrogen (secondary N) is 1. The van der Waals surface area contributed by atoms with E-state index in [0.717, 1.165) is 30.8 Å². The van der Waals surface area contributed by atoms with Crippen molar-refractivity contribution in [3.05, 3.63) is 42.5 Å². The molecule has 0 spiro atoms. The van der Waals surface area contributed by atoms with Crippen LogP contribution in [0.4, 0.5) is 5.69 Å². The lowest BCUT2D eigenvalue weighted by atomic mass is 10.2. The fourth-order valence-electron chi connectivity index (χ4n) is 3.18. The molecule has 1 N–H and O–H groups in total. The zero-order valence-electron chi connectivity index (χ0n) is 16.2. The highest BCUT2D eigenvalue weighted by Gasteiger charge is 2.17. The Kier molecular flexibility index (Phi) is 5.85. The van der Waals surface area contributed by atoms with Crippen LogP contribution >= 0.6 is 0 Å². The minimum Gasteiger partial charge on any atom is -0.497 e. The number of benzene rings is 1. The molecule has 1 fully saturated rings. The molecule has 1 aliphatic rings. The van der Waals surface area contributed by atoms with E-state index in [2.05, 4.69) is 20.6 Å². The van der Waals surface area contributed by atoms with Crippen LogP contribution in [0.3, 0.4) is 0 Å². The second kappa shape index (κ2) is 8.87. The first-order valence-corrected chi connectivity index (χ1v) is 9.60. The SMILES string of the molecule is COc1ccc(-c2noc(CCC(=O)Nc3cnn(CC4CCCO4)c3)n2)cc1. The van der Waals surface area contributed by atoms with Gasteiger partial charge in [0.05, 0.1) is 31.6 Å². The molecule has 1 atom stereocenters. The van der Waals surface area contributed by atoms with Gasteiger partial charge in [-0.1, -0.05) is 5.16 Å². The molecule has 2 aromatic heterocycles. The van der Waals surface area contributed by atoms with Crippen LogP contribution in [0.2, 0.25) is 0 Å². The Labute approximate surface area is 168 Å². The Morgan fingerprint density at radius 3 is 2.97 bits per heavy atom. The second-order valence-corrected chi connectivity index (χ2v) is 6.87. The van der Waals surface area contributed by atoms with E-state index in [9.17, 15) is 4.79 Å². The summed E-state index contributed by atoms with van der Waals surface area (Å²) in [5.41, 5.74) is 1.49. The van der Waals surface area contributed by atoms with E-state index in [1.54, 1.807) is 18.0 Å². The number of rotatable bonds is 8. The average Bonchev–Trinajstić information content (AvgIpc) is 3.50. The monoisotopic (exact) mass is 397 g/mol. The zero-order valence-corrected chi connectivity index (χ0v) is 16.2. The van der Waals surface area contributed by atoms with Crippen LogP contribution in [0.1, 0.15) is 25.2 Å². The highest BCUT2D eigenvalue weighted by atomic mass is 16.5. The molecule has 1 unspecified atom stereocenters. The zero-order chi connectivity index (χ0) is 20.1.